The van der Waals surface area contributed by atoms with E-state index in [0.29, 0.717) is 36.4 Å². The first-order valence-electron chi connectivity index (χ1n) is 10.6. The van der Waals surface area contributed by atoms with E-state index in [0.717, 1.165) is 24.9 Å². The van der Waals surface area contributed by atoms with Crippen molar-refractivity contribution in [1.82, 2.24) is 10.2 Å². The molecular formula is C24H32N2O3S. The van der Waals surface area contributed by atoms with Crippen LogP contribution in [0.4, 0.5) is 0 Å². The number of nitrogens with zero attached hydrogens (tertiary/aromatic N) is 1. The second-order valence-electron chi connectivity index (χ2n) is 8.45. The highest BCUT2D eigenvalue weighted by Crippen LogP contribution is 2.41. The first kappa shape index (κ1) is 22.5. The summed E-state index contributed by atoms with van der Waals surface area (Å²) in [6.07, 6.45) is 2.28. The van der Waals surface area contributed by atoms with Crippen molar-refractivity contribution < 1.29 is 13.2 Å². The molecule has 1 N–H and O–H groups in total. The molecule has 1 aliphatic rings. The predicted molar refractivity (Wildman–Crippen MR) is 120 cm³/mol. The second-order valence-corrected chi connectivity index (χ2v) is 10.7. The van der Waals surface area contributed by atoms with E-state index in [1.807, 2.05) is 44.3 Å². The molecule has 2 aromatic carbocycles. The molecule has 0 radical (unpaired) electrons. The average molecular weight is 429 g/mol. The molecule has 1 fully saturated rings. The third-order valence-electron chi connectivity index (χ3n) is 6.05. The zero-order valence-electron chi connectivity index (χ0n) is 18.1. The largest absolute Gasteiger partial charge is 0.353 e. The first-order chi connectivity index (χ1) is 14.3. The van der Waals surface area contributed by atoms with Crippen LogP contribution in [-0.4, -0.2) is 44.1 Å². The van der Waals surface area contributed by atoms with E-state index >= 15 is 0 Å². The lowest BCUT2D eigenvalue weighted by molar-refractivity contribution is -0.123. The van der Waals surface area contributed by atoms with Gasteiger partial charge in [-0.05, 0) is 56.5 Å². The molecule has 3 rings (SSSR count). The van der Waals surface area contributed by atoms with Gasteiger partial charge in [0.05, 0.1) is 4.90 Å². The zero-order chi connectivity index (χ0) is 21.8. The maximum absolute atomic E-state index is 13.6. The Bertz CT molecular complexity index is 981. The fourth-order valence-electron chi connectivity index (χ4n) is 4.27. The van der Waals surface area contributed by atoms with Gasteiger partial charge >= 0.3 is 0 Å². The summed E-state index contributed by atoms with van der Waals surface area (Å²) in [6, 6.07) is 15.6. The molecule has 6 heteroatoms. The van der Waals surface area contributed by atoms with Gasteiger partial charge in [0.2, 0.25) is 5.91 Å². The molecule has 0 atom stereocenters. The van der Waals surface area contributed by atoms with E-state index in [4.69, 9.17) is 0 Å². The molecule has 0 aliphatic heterocycles. The molecule has 1 saturated carbocycles. The minimum absolute atomic E-state index is 0.292. The Labute approximate surface area is 180 Å². The number of likely N-dealkylation sites (N-methyl/N-ethyl adjacent to an activating group) is 1. The molecule has 2 aromatic rings. The Kier molecular flexibility index (Phi) is 6.98. The van der Waals surface area contributed by atoms with Crippen LogP contribution in [0.2, 0.25) is 0 Å². The van der Waals surface area contributed by atoms with Gasteiger partial charge < -0.3 is 10.2 Å². The predicted octanol–water partition coefficient (Wildman–Crippen LogP) is 3.64. The van der Waals surface area contributed by atoms with Gasteiger partial charge in [-0.2, -0.15) is 0 Å². The van der Waals surface area contributed by atoms with E-state index < -0.39 is 14.6 Å². The standard InChI is InChI=1S/C24H32N2O3S/c1-19-11-12-20(2)22(17-19)30(28,29)24(13-7-8-14-24)23(27)25-15-16-26(3)18-21-9-5-4-6-10-21/h4-6,9-12,17H,7-8,13-16,18H2,1-3H3,(H,25,27). The van der Waals surface area contributed by atoms with Crippen molar-refractivity contribution in [3.8, 4) is 0 Å². The number of rotatable bonds is 8. The lowest BCUT2D eigenvalue weighted by Gasteiger charge is -2.29. The van der Waals surface area contributed by atoms with Crippen molar-refractivity contribution in [3.63, 3.8) is 0 Å². The van der Waals surface area contributed by atoms with Gasteiger partial charge in [-0.1, -0.05) is 55.3 Å². The van der Waals surface area contributed by atoms with Gasteiger partial charge in [0, 0.05) is 19.6 Å². The highest BCUT2D eigenvalue weighted by molar-refractivity contribution is 7.93. The number of hydrogen-bond acceptors (Lipinski definition) is 4. The van der Waals surface area contributed by atoms with Gasteiger partial charge in [-0.3, -0.25) is 4.79 Å². The molecule has 0 unspecified atom stereocenters. The second kappa shape index (κ2) is 9.31. The van der Waals surface area contributed by atoms with Crippen LogP contribution < -0.4 is 5.32 Å². The van der Waals surface area contributed by atoms with Gasteiger partial charge in [-0.25, -0.2) is 8.42 Å². The minimum Gasteiger partial charge on any atom is -0.353 e. The van der Waals surface area contributed by atoms with E-state index in [-0.39, 0.29) is 5.91 Å². The lowest BCUT2D eigenvalue weighted by atomic mass is 10.1. The van der Waals surface area contributed by atoms with Gasteiger partial charge in [-0.15, -0.1) is 0 Å². The van der Waals surface area contributed by atoms with Crippen LogP contribution >= 0.6 is 0 Å². The molecule has 0 bridgehead atoms. The number of sulfone groups is 1. The van der Waals surface area contributed by atoms with Gasteiger partial charge in [0.1, 0.15) is 0 Å². The van der Waals surface area contributed by atoms with E-state index in [1.54, 1.807) is 13.0 Å². The number of aryl methyl sites for hydroxylation is 2. The van der Waals surface area contributed by atoms with Crippen LogP contribution in [0.1, 0.15) is 42.4 Å². The third-order valence-corrected chi connectivity index (χ3v) is 8.69. The van der Waals surface area contributed by atoms with Crippen LogP contribution in [0, 0.1) is 13.8 Å². The Morgan fingerprint density at radius 2 is 1.73 bits per heavy atom. The number of nitrogens with one attached hydrogen (secondary N) is 1. The summed E-state index contributed by atoms with van der Waals surface area (Å²) >= 11 is 0. The number of amides is 1. The highest BCUT2D eigenvalue weighted by Gasteiger charge is 2.53. The molecule has 30 heavy (non-hydrogen) atoms. The molecule has 1 amide bonds. The van der Waals surface area contributed by atoms with E-state index in [1.165, 1.54) is 5.56 Å². The van der Waals surface area contributed by atoms with Crippen LogP contribution in [0.25, 0.3) is 0 Å². The van der Waals surface area contributed by atoms with E-state index in [9.17, 15) is 13.2 Å². The Morgan fingerprint density at radius 1 is 1.07 bits per heavy atom. The molecule has 0 heterocycles. The Morgan fingerprint density at radius 3 is 2.40 bits per heavy atom. The fourth-order valence-corrected chi connectivity index (χ4v) is 6.66. The maximum Gasteiger partial charge on any atom is 0.241 e. The van der Waals surface area contributed by atoms with E-state index in [2.05, 4.69) is 22.3 Å². The Hall–Kier alpha value is -2.18. The van der Waals surface area contributed by atoms with Crippen molar-refractivity contribution in [2.45, 2.75) is 55.7 Å². The Balaban J connectivity index is 1.71. The van der Waals surface area contributed by atoms with Crippen molar-refractivity contribution in [2.24, 2.45) is 0 Å². The smallest absolute Gasteiger partial charge is 0.241 e. The first-order valence-corrected chi connectivity index (χ1v) is 12.1. The summed E-state index contributed by atoms with van der Waals surface area (Å²) < 4.78 is 25.9. The summed E-state index contributed by atoms with van der Waals surface area (Å²) in [4.78, 5) is 15.6. The number of hydrogen-bond donors (Lipinski definition) is 1. The van der Waals surface area contributed by atoms with Crippen molar-refractivity contribution in [3.05, 3.63) is 65.2 Å². The molecular weight excluding hydrogens is 396 g/mol. The molecule has 162 valence electrons. The normalized spacial score (nSPS) is 16.0. The highest BCUT2D eigenvalue weighted by atomic mass is 32.2. The summed E-state index contributed by atoms with van der Waals surface area (Å²) in [5.74, 6) is -0.353. The van der Waals surface area contributed by atoms with Gasteiger partial charge in [0.15, 0.2) is 14.6 Å². The van der Waals surface area contributed by atoms with Crippen LogP contribution in [0.3, 0.4) is 0 Å². The van der Waals surface area contributed by atoms with Crippen molar-refractivity contribution in [2.75, 3.05) is 20.1 Å². The minimum atomic E-state index is -3.78. The molecule has 5 nitrogen and oxygen atoms in total. The van der Waals surface area contributed by atoms with Gasteiger partial charge in [0.25, 0.3) is 0 Å². The molecule has 0 spiro atoms. The van der Waals surface area contributed by atoms with Crippen LogP contribution in [0.15, 0.2) is 53.4 Å². The van der Waals surface area contributed by atoms with Crippen LogP contribution in [0.5, 0.6) is 0 Å². The summed E-state index contributed by atoms with van der Waals surface area (Å²) in [6.45, 7) is 5.53. The molecule has 0 saturated heterocycles. The zero-order valence-corrected chi connectivity index (χ0v) is 19.0. The summed E-state index contributed by atoms with van der Waals surface area (Å²) in [5, 5.41) is 2.93. The monoisotopic (exact) mass is 428 g/mol. The average Bonchev–Trinajstić information content (AvgIpc) is 3.22. The quantitative estimate of drug-likeness (QED) is 0.697. The number of carbonyl (C=O) groups is 1. The fraction of sp³-hybridized carbons (Fsp3) is 0.458. The molecule has 0 aromatic heterocycles. The molecule has 1 aliphatic carbocycles. The SMILES string of the molecule is Cc1ccc(C)c(S(=O)(=O)C2(C(=O)NCCN(C)Cc3ccccc3)CCCC2)c1. The summed E-state index contributed by atoms with van der Waals surface area (Å²) in [5.41, 5.74) is 2.79. The number of carbonyl (C=O) groups excluding carboxylic acids is 1. The van der Waals surface area contributed by atoms with Crippen LogP contribution in [-0.2, 0) is 21.2 Å². The summed E-state index contributed by atoms with van der Waals surface area (Å²) in [7, 11) is -1.78. The van der Waals surface area contributed by atoms with Crippen molar-refractivity contribution in [1.29, 1.82) is 0 Å². The van der Waals surface area contributed by atoms with Crippen molar-refractivity contribution >= 4 is 15.7 Å². The third kappa shape index (κ3) is 4.60. The number of benzene rings is 2. The lowest BCUT2D eigenvalue weighted by Crippen LogP contribution is -2.51. The topological polar surface area (TPSA) is 66.5 Å². The maximum atomic E-state index is 13.6.